The van der Waals surface area contributed by atoms with Crippen molar-refractivity contribution in [3.63, 3.8) is 0 Å². The van der Waals surface area contributed by atoms with E-state index in [1.54, 1.807) is 6.92 Å². The van der Waals surface area contributed by atoms with Gasteiger partial charge in [-0.25, -0.2) is 0 Å². The first kappa shape index (κ1) is 52.6. The topological polar surface area (TPSA) is 3.24 Å². The van der Waals surface area contributed by atoms with E-state index in [0.717, 1.165) is 89.4 Å². The Labute approximate surface area is 493 Å². The molecule has 0 saturated heterocycles. The van der Waals surface area contributed by atoms with Crippen LogP contribution in [0.1, 0.15) is 25.0 Å². The van der Waals surface area contributed by atoms with Gasteiger partial charge in [0.05, 0.1) is 5.41 Å². The van der Waals surface area contributed by atoms with E-state index in [1.807, 2.05) is 6.07 Å². The summed E-state index contributed by atoms with van der Waals surface area (Å²) in [5.74, 6) is 44.6. The summed E-state index contributed by atoms with van der Waals surface area (Å²) in [7, 11) is 0. The molecule has 0 saturated carbocycles. The first-order chi connectivity index (χ1) is 41.5. The first-order valence-corrected chi connectivity index (χ1v) is 27.6. The summed E-state index contributed by atoms with van der Waals surface area (Å²) < 4.78 is 0. The SMILES string of the molecule is CC#CC#CC#CC#CC#CC#CC#CC#CC1(C)c2cc(-c3ccccc3)ccc2-c2ccc(-c3ccc(N(c4ccc(-c5ccccc5)cc4)c4ccc(-c5ccc(-c6ccc7ccccc7c6)cc5)c(-c5ccccc5)c4)cc3)cc21. The summed E-state index contributed by atoms with van der Waals surface area (Å²) in [6.45, 7) is 3.92. The van der Waals surface area contributed by atoms with Gasteiger partial charge >= 0.3 is 0 Å². The summed E-state index contributed by atoms with van der Waals surface area (Å²) >= 11 is 0. The van der Waals surface area contributed by atoms with Crippen LogP contribution in [0.25, 0.3) is 88.7 Å². The highest BCUT2D eigenvalue weighted by Gasteiger charge is 2.39. The van der Waals surface area contributed by atoms with E-state index < -0.39 is 5.41 Å². The molecule has 1 heteroatoms. The van der Waals surface area contributed by atoms with E-state index in [-0.39, 0.29) is 0 Å². The maximum absolute atomic E-state index is 3.60. The average molecular weight is 1060 g/mol. The van der Waals surface area contributed by atoms with Crippen molar-refractivity contribution in [2.24, 2.45) is 0 Å². The van der Waals surface area contributed by atoms with Gasteiger partial charge in [0.25, 0.3) is 0 Å². The largest absolute Gasteiger partial charge is 0.310 e. The Kier molecular flexibility index (Phi) is 15.4. The molecule has 0 amide bonds. The molecule has 11 aromatic carbocycles. The minimum absolute atomic E-state index is 0.679. The van der Waals surface area contributed by atoms with Gasteiger partial charge in [0, 0.05) is 17.1 Å². The maximum Gasteiger partial charge on any atom is 0.0806 e. The number of fused-ring (bicyclic) bond motifs is 4. The lowest BCUT2D eigenvalue weighted by atomic mass is 9.79. The van der Waals surface area contributed by atoms with Gasteiger partial charge in [0.15, 0.2) is 0 Å². The van der Waals surface area contributed by atoms with Crippen LogP contribution in [0.2, 0.25) is 0 Å². The van der Waals surface area contributed by atoms with Crippen molar-refractivity contribution in [1.82, 2.24) is 0 Å². The number of anilines is 3. The molecule has 1 aliphatic rings. The highest BCUT2D eigenvalue weighted by Crippen LogP contribution is 2.51. The molecule has 0 heterocycles. The van der Waals surface area contributed by atoms with Crippen molar-refractivity contribution in [1.29, 1.82) is 0 Å². The Morgan fingerprint density at radius 2 is 0.595 bits per heavy atom. The monoisotopic (exact) mass is 1060 g/mol. The maximum atomic E-state index is 3.60. The molecule has 0 aromatic heterocycles. The zero-order chi connectivity index (χ0) is 56.9. The Hall–Kier alpha value is -12.0. The molecule has 11 aromatic rings. The van der Waals surface area contributed by atoms with E-state index in [4.69, 9.17) is 0 Å². The smallest absolute Gasteiger partial charge is 0.0806 e. The lowest BCUT2D eigenvalue weighted by Crippen LogP contribution is -2.18. The Morgan fingerprint density at radius 3 is 1.12 bits per heavy atom. The van der Waals surface area contributed by atoms with Crippen molar-refractivity contribution in [3.05, 3.63) is 272 Å². The van der Waals surface area contributed by atoms with Crippen LogP contribution in [0.3, 0.4) is 0 Å². The predicted molar refractivity (Wildman–Crippen MR) is 351 cm³/mol. The zero-order valence-electron chi connectivity index (χ0n) is 46.3. The molecule has 0 spiro atoms. The number of hydrogen-bond acceptors (Lipinski definition) is 1. The third-order valence-corrected chi connectivity index (χ3v) is 15.1. The highest BCUT2D eigenvalue weighted by atomic mass is 15.1. The second-order valence-corrected chi connectivity index (χ2v) is 20.2. The second kappa shape index (κ2) is 24.5. The van der Waals surface area contributed by atoms with E-state index >= 15 is 0 Å². The molecule has 1 unspecified atom stereocenters. The number of hydrogen-bond donors (Lipinski definition) is 0. The molecule has 1 atom stereocenters. The number of nitrogens with zero attached hydrogens (tertiary/aromatic N) is 1. The van der Waals surface area contributed by atoms with Gasteiger partial charge < -0.3 is 4.90 Å². The van der Waals surface area contributed by atoms with Gasteiger partial charge in [0.2, 0.25) is 0 Å². The summed E-state index contributed by atoms with van der Waals surface area (Å²) in [5, 5.41) is 2.47. The fourth-order valence-corrected chi connectivity index (χ4v) is 10.9. The Morgan fingerprint density at radius 1 is 0.250 bits per heavy atom. The fraction of sp³-hybridized carbons (Fsp3) is 0.0361. The molecule has 1 nitrogen and oxygen atoms in total. The summed E-state index contributed by atoms with van der Waals surface area (Å²) in [4.78, 5) is 2.36. The normalized spacial score (nSPS) is 11.9. The van der Waals surface area contributed by atoms with Crippen LogP contribution in [0, 0.1) is 94.7 Å². The molecular weight excluding hydrogens is 1010 g/mol. The van der Waals surface area contributed by atoms with E-state index in [1.165, 1.54) is 27.5 Å². The van der Waals surface area contributed by atoms with Crippen molar-refractivity contribution < 1.29 is 0 Å². The quantitative estimate of drug-likeness (QED) is 0.130. The van der Waals surface area contributed by atoms with Crippen LogP contribution in [-0.2, 0) is 5.41 Å². The molecular formula is C83H49N. The minimum Gasteiger partial charge on any atom is -0.310 e. The number of rotatable bonds is 9. The molecule has 1 aliphatic carbocycles. The molecule has 0 radical (unpaired) electrons. The Balaban J connectivity index is 0.894. The van der Waals surface area contributed by atoms with Crippen LogP contribution in [-0.4, -0.2) is 0 Å². The van der Waals surface area contributed by atoms with Crippen LogP contribution in [0.15, 0.2) is 261 Å². The molecule has 0 N–H and O–H groups in total. The van der Waals surface area contributed by atoms with E-state index in [0.29, 0.717) is 0 Å². The molecule has 0 aliphatic heterocycles. The zero-order valence-corrected chi connectivity index (χ0v) is 46.3. The van der Waals surface area contributed by atoms with Crippen molar-refractivity contribution in [2.75, 3.05) is 4.90 Å². The van der Waals surface area contributed by atoms with Gasteiger partial charge in [-0.05, 0) is 251 Å². The van der Waals surface area contributed by atoms with Crippen molar-refractivity contribution in [2.45, 2.75) is 19.3 Å². The molecule has 0 bridgehead atoms. The number of benzene rings is 11. The fourth-order valence-electron chi connectivity index (χ4n) is 10.9. The standard InChI is InChI=1S/C83H49N/c1-3-4-5-6-7-8-9-10-11-12-13-14-15-16-28-57-83(2)81-59-72(63-31-22-18-23-32-63)47-54-78(81)79-55-48-73(60-82(79)83)67-45-51-75(52-46-67)84(74-49-43-65(44-50-74)62-29-20-17-21-30-62)76-53-56-77(80(61-76)68-34-24-19-25-35-68)69-40-37-66(38-41-69)71-42-39-64-33-26-27-36-70(64)58-71/h17-27,29-56,58-61H,1-2H3. The third kappa shape index (κ3) is 11.4. The van der Waals surface area contributed by atoms with Gasteiger partial charge in [0.1, 0.15) is 0 Å². The van der Waals surface area contributed by atoms with Crippen molar-refractivity contribution in [3.8, 4) is 173 Å². The highest BCUT2D eigenvalue weighted by molar-refractivity contribution is 5.92. The minimum atomic E-state index is -0.679. The lowest BCUT2D eigenvalue weighted by molar-refractivity contribution is 0.779. The van der Waals surface area contributed by atoms with Gasteiger partial charge in [-0.1, -0.05) is 218 Å². The summed E-state index contributed by atoms with van der Waals surface area (Å²) in [6, 6.07) is 94.1. The van der Waals surface area contributed by atoms with Crippen molar-refractivity contribution >= 4 is 27.8 Å². The molecule has 84 heavy (non-hydrogen) atoms. The van der Waals surface area contributed by atoms with E-state index in [2.05, 4.69) is 361 Å². The lowest BCUT2D eigenvalue weighted by Gasteiger charge is -2.27. The average Bonchev–Trinajstić information content (AvgIpc) is 2.37. The van der Waals surface area contributed by atoms with Crippen LogP contribution >= 0.6 is 0 Å². The molecule has 12 rings (SSSR count). The van der Waals surface area contributed by atoms with Crippen LogP contribution < -0.4 is 4.90 Å². The van der Waals surface area contributed by atoms with Crippen LogP contribution in [0.4, 0.5) is 17.1 Å². The van der Waals surface area contributed by atoms with Gasteiger partial charge in [-0.15, -0.1) is 0 Å². The van der Waals surface area contributed by atoms with Gasteiger partial charge in [-0.2, -0.15) is 0 Å². The summed E-state index contributed by atoms with van der Waals surface area (Å²) in [5.41, 5.74) is 20.8. The molecule has 386 valence electrons. The first-order valence-electron chi connectivity index (χ1n) is 27.6. The third-order valence-electron chi connectivity index (χ3n) is 15.1. The predicted octanol–water partition coefficient (Wildman–Crippen LogP) is 18.6. The molecule has 0 fully saturated rings. The van der Waals surface area contributed by atoms with Gasteiger partial charge in [-0.3, -0.25) is 0 Å². The second-order valence-electron chi connectivity index (χ2n) is 20.2. The van der Waals surface area contributed by atoms with Crippen LogP contribution in [0.5, 0.6) is 0 Å². The summed E-state index contributed by atoms with van der Waals surface area (Å²) in [6.07, 6.45) is 0. The van der Waals surface area contributed by atoms with E-state index in [9.17, 15) is 0 Å². The Bertz CT molecular complexity index is 4860.